The minimum absolute atomic E-state index is 0.0763. The third-order valence-electron chi connectivity index (χ3n) is 4.57. The van der Waals surface area contributed by atoms with Crippen LogP contribution in [0.1, 0.15) is 54.8 Å². The molecule has 1 aliphatic rings. The number of allylic oxidation sites excluding steroid dienone is 2. The Morgan fingerprint density at radius 1 is 1.18 bits per heavy atom. The van der Waals surface area contributed by atoms with E-state index >= 15 is 0 Å². The van der Waals surface area contributed by atoms with Gasteiger partial charge in [0.2, 0.25) is 5.91 Å². The van der Waals surface area contributed by atoms with Crippen LogP contribution in [-0.2, 0) is 11.2 Å². The van der Waals surface area contributed by atoms with Crippen molar-refractivity contribution in [1.29, 1.82) is 0 Å². The summed E-state index contributed by atoms with van der Waals surface area (Å²) in [5.41, 5.74) is 3.07. The number of amides is 1. The lowest BCUT2D eigenvalue weighted by molar-refractivity contribution is -0.114. The summed E-state index contributed by atoms with van der Waals surface area (Å²) in [4.78, 5) is 23.9. The minimum atomic E-state index is -0.543. The molecule has 0 bridgehead atoms. The molecule has 2 aromatic carbocycles. The molecule has 1 amide bonds. The molecule has 0 fully saturated rings. The first-order valence-corrected chi connectivity index (χ1v) is 9.04. The van der Waals surface area contributed by atoms with Crippen LogP contribution in [0.25, 0.3) is 0 Å². The van der Waals surface area contributed by atoms with Crippen LogP contribution < -0.4 is 10.1 Å². The first-order valence-electron chi connectivity index (χ1n) is 9.04. The highest BCUT2D eigenvalue weighted by molar-refractivity contribution is 6.03. The van der Waals surface area contributed by atoms with E-state index in [4.69, 9.17) is 4.74 Å². The molecule has 3 rings (SSSR count). The van der Waals surface area contributed by atoms with Gasteiger partial charge in [-0.25, -0.2) is 0 Å². The number of carbonyl (C=O) groups excluding carboxylic acids is 2. The zero-order chi connectivity index (χ0) is 20.4. The van der Waals surface area contributed by atoms with E-state index in [9.17, 15) is 19.8 Å². The Bertz CT molecular complexity index is 956. The summed E-state index contributed by atoms with van der Waals surface area (Å²) < 4.78 is 6.08. The molecule has 0 radical (unpaired) electrons. The number of Topliss-reactive ketones (excluding diaryl/α,β-unsaturated/α-hetero) is 1. The van der Waals surface area contributed by atoms with Gasteiger partial charge in [-0.05, 0) is 38.0 Å². The predicted molar refractivity (Wildman–Crippen MR) is 106 cm³/mol. The average molecular weight is 381 g/mol. The molecular weight excluding hydrogens is 358 g/mol. The fourth-order valence-corrected chi connectivity index (χ4v) is 3.20. The molecule has 1 heterocycles. The second kappa shape index (κ2) is 7.76. The van der Waals surface area contributed by atoms with Gasteiger partial charge >= 0.3 is 0 Å². The number of fused-ring (bicyclic) bond motifs is 1. The number of ketones is 1. The van der Waals surface area contributed by atoms with E-state index in [-0.39, 0.29) is 40.9 Å². The second-order valence-corrected chi connectivity index (χ2v) is 7.12. The van der Waals surface area contributed by atoms with Crippen LogP contribution in [0.4, 0.5) is 5.69 Å². The van der Waals surface area contributed by atoms with Gasteiger partial charge in [0.25, 0.3) is 0 Å². The van der Waals surface area contributed by atoms with E-state index < -0.39 is 6.10 Å². The fourth-order valence-electron chi connectivity index (χ4n) is 3.20. The van der Waals surface area contributed by atoms with Gasteiger partial charge in [0.1, 0.15) is 28.9 Å². The van der Waals surface area contributed by atoms with Crippen molar-refractivity contribution >= 4 is 17.4 Å². The molecule has 6 nitrogen and oxygen atoms in total. The first kappa shape index (κ1) is 19.5. The molecule has 1 aliphatic heterocycles. The number of nitrogens with one attached hydrogen (secondary N) is 1. The smallest absolute Gasteiger partial charge is 0.221 e. The summed E-state index contributed by atoms with van der Waals surface area (Å²) in [5.74, 6) is -0.572. The van der Waals surface area contributed by atoms with Gasteiger partial charge in [-0.2, -0.15) is 0 Å². The number of hydrogen-bond acceptors (Lipinski definition) is 5. The van der Waals surface area contributed by atoms with Crippen LogP contribution in [0, 0.1) is 0 Å². The van der Waals surface area contributed by atoms with E-state index in [1.165, 1.54) is 13.0 Å². The summed E-state index contributed by atoms with van der Waals surface area (Å²) in [6.45, 7) is 5.31. The van der Waals surface area contributed by atoms with Crippen LogP contribution >= 0.6 is 0 Å². The molecular formula is C22H23NO5. The zero-order valence-corrected chi connectivity index (χ0v) is 16.1. The van der Waals surface area contributed by atoms with E-state index in [0.29, 0.717) is 17.7 Å². The number of hydrogen-bond donors (Lipinski definition) is 3. The van der Waals surface area contributed by atoms with Crippen molar-refractivity contribution in [2.75, 3.05) is 5.32 Å². The highest BCUT2D eigenvalue weighted by Crippen LogP contribution is 2.45. The van der Waals surface area contributed by atoms with Crippen LogP contribution in [-0.4, -0.2) is 21.9 Å². The summed E-state index contributed by atoms with van der Waals surface area (Å²) in [7, 11) is 0. The van der Waals surface area contributed by atoms with Crippen LogP contribution in [0.3, 0.4) is 0 Å². The van der Waals surface area contributed by atoms with Gasteiger partial charge in [-0.3, -0.25) is 9.59 Å². The summed E-state index contributed by atoms with van der Waals surface area (Å²) in [6, 6.07) is 8.24. The van der Waals surface area contributed by atoms with Crippen molar-refractivity contribution < 1.29 is 24.5 Å². The van der Waals surface area contributed by atoms with Gasteiger partial charge in [0.15, 0.2) is 5.78 Å². The lowest BCUT2D eigenvalue weighted by Gasteiger charge is -2.28. The summed E-state index contributed by atoms with van der Waals surface area (Å²) in [6.07, 6.45) is 1.84. The maximum atomic E-state index is 12.7. The number of anilines is 1. The van der Waals surface area contributed by atoms with Crippen molar-refractivity contribution in [2.45, 2.75) is 39.7 Å². The fraction of sp³-hybridized carbons (Fsp3) is 0.273. The molecule has 1 atom stereocenters. The van der Waals surface area contributed by atoms with Crippen molar-refractivity contribution in [3.63, 3.8) is 0 Å². The van der Waals surface area contributed by atoms with E-state index in [2.05, 4.69) is 5.32 Å². The van der Waals surface area contributed by atoms with Crippen molar-refractivity contribution in [3.8, 4) is 17.2 Å². The third-order valence-corrected chi connectivity index (χ3v) is 4.57. The Morgan fingerprint density at radius 2 is 1.86 bits per heavy atom. The number of phenolic OH excluding ortho intramolecular Hbond substituents is 2. The molecule has 28 heavy (non-hydrogen) atoms. The quantitative estimate of drug-likeness (QED) is 0.687. The van der Waals surface area contributed by atoms with E-state index in [1.54, 1.807) is 24.3 Å². The molecule has 0 saturated heterocycles. The lowest BCUT2D eigenvalue weighted by atomic mass is 9.92. The molecule has 6 heteroatoms. The Labute approximate surface area is 163 Å². The maximum Gasteiger partial charge on any atom is 0.221 e. The molecule has 3 N–H and O–H groups in total. The Hall–Kier alpha value is -3.28. The summed E-state index contributed by atoms with van der Waals surface area (Å²) in [5, 5.41) is 23.2. The largest absolute Gasteiger partial charge is 0.507 e. The van der Waals surface area contributed by atoms with Gasteiger partial charge in [0.05, 0.1) is 6.42 Å². The monoisotopic (exact) mass is 381 g/mol. The van der Waals surface area contributed by atoms with Gasteiger partial charge in [-0.1, -0.05) is 23.8 Å². The first-order chi connectivity index (χ1) is 13.3. The molecule has 0 saturated carbocycles. The topological polar surface area (TPSA) is 95.9 Å². The highest BCUT2D eigenvalue weighted by Gasteiger charge is 2.33. The SMILES string of the molecule is CC(=O)Nc1ccc(C2CC(=O)c3c(O)cc(O)c(CC=C(C)C)c3O2)cc1. The molecule has 0 aliphatic carbocycles. The molecule has 0 spiro atoms. The number of ether oxygens (including phenoxy) is 1. The maximum absolute atomic E-state index is 12.7. The normalized spacial score (nSPS) is 15.4. The highest BCUT2D eigenvalue weighted by atomic mass is 16.5. The minimum Gasteiger partial charge on any atom is -0.507 e. The van der Waals surface area contributed by atoms with Crippen LogP contribution in [0.2, 0.25) is 0 Å². The average Bonchev–Trinajstić information content (AvgIpc) is 2.60. The van der Waals surface area contributed by atoms with Crippen LogP contribution in [0.5, 0.6) is 17.2 Å². The Morgan fingerprint density at radius 3 is 2.46 bits per heavy atom. The molecule has 2 aromatic rings. The van der Waals surface area contributed by atoms with Crippen molar-refractivity contribution in [2.24, 2.45) is 0 Å². The number of aromatic hydroxyl groups is 2. The predicted octanol–water partition coefficient (Wildman–Crippen LogP) is 4.27. The van der Waals surface area contributed by atoms with Crippen molar-refractivity contribution in [1.82, 2.24) is 0 Å². The number of carbonyl (C=O) groups is 2. The molecule has 1 unspecified atom stereocenters. The number of rotatable bonds is 4. The standard InChI is InChI=1S/C22H23NO5/c1-12(2)4-9-16-17(25)10-18(26)21-19(27)11-20(28-22(16)21)14-5-7-15(8-6-14)23-13(3)24/h4-8,10,20,25-26H,9,11H2,1-3H3,(H,23,24). The Kier molecular flexibility index (Phi) is 5.40. The lowest BCUT2D eigenvalue weighted by Crippen LogP contribution is -2.21. The van der Waals surface area contributed by atoms with E-state index in [1.807, 2.05) is 19.9 Å². The van der Waals surface area contributed by atoms with Crippen LogP contribution in [0.15, 0.2) is 42.0 Å². The number of benzene rings is 2. The third kappa shape index (κ3) is 4.01. The number of phenols is 2. The summed E-state index contributed by atoms with van der Waals surface area (Å²) >= 11 is 0. The van der Waals surface area contributed by atoms with Gasteiger partial charge < -0.3 is 20.3 Å². The molecule has 146 valence electrons. The Balaban J connectivity index is 1.97. The zero-order valence-electron chi connectivity index (χ0n) is 16.1. The second-order valence-electron chi connectivity index (χ2n) is 7.12. The van der Waals surface area contributed by atoms with Gasteiger partial charge in [-0.15, -0.1) is 0 Å². The van der Waals surface area contributed by atoms with Crippen molar-refractivity contribution in [3.05, 3.63) is 58.7 Å². The van der Waals surface area contributed by atoms with E-state index in [0.717, 1.165) is 11.1 Å². The molecule has 0 aromatic heterocycles. The van der Waals surface area contributed by atoms with Gasteiger partial charge in [0, 0.05) is 24.2 Å².